The van der Waals surface area contributed by atoms with E-state index in [1.165, 1.54) is 24.8 Å². The minimum absolute atomic E-state index is 0.0769. The van der Waals surface area contributed by atoms with Gasteiger partial charge >= 0.3 is 0 Å². The van der Waals surface area contributed by atoms with Gasteiger partial charge in [-0.05, 0) is 61.7 Å². The monoisotopic (exact) mass is 471 g/mol. The van der Waals surface area contributed by atoms with Crippen LogP contribution in [-0.4, -0.2) is 67.8 Å². The first kappa shape index (κ1) is 24.6. The second kappa shape index (κ2) is 9.05. The van der Waals surface area contributed by atoms with E-state index in [9.17, 15) is 18.3 Å². The van der Waals surface area contributed by atoms with E-state index in [1.54, 1.807) is 38.5 Å². The smallest absolute Gasteiger partial charge is 0.271 e. The molecule has 0 saturated carbocycles. The highest BCUT2D eigenvalue weighted by Gasteiger charge is 2.22. The molecule has 2 heterocycles. The van der Waals surface area contributed by atoms with E-state index in [1.807, 2.05) is 13.0 Å². The van der Waals surface area contributed by atoms with E-state index in [0.29, 0.717) is 34.8 Å². The van der Waals surface area contributed by atoms with E-state index in [4.69, 9.17) is 5.73 Å². The van der Waals surface area contributed by atoms with E-state index < -0.39 is 15.6 Å². The zero-order chi connectivity index (χ0) is 24.6. The maximum absolute atomic E-state index is 12.7. The molecule has 4 N–H and O–H groups in total. The number of aromatic nitrogens is 1. The fourth-order valence-electron chi connectivity index (χ4n) is 3.26. The summed E-state index contributed by atoms with van der Waals surface area (Å²) < 4.78 is 27.9. The largest absolute Gasteiger partial charge is 0.389 e. The van der Waals surface area contributed by atoms with Crippen LogP contribution < -0.4 is 10.5 Å². The van der Waals surface area contributed by atoms with Gasteiger partial charge in [0.25, 0.3) is 5.91 Å². The Labute approximate surface area is 194 Å². The first-order valence-corrected chi connectivity index (χ1v) is 11.8. The Morgan fingerprint density at radius 3 is 2.58 bits per heavy atom. The average Bonchev–Trinajstić information content (AvgIpc) is 3.22. The molecular weight excluding hydrogens is 442 g/mol. The van der Waals surface area contributed by atoms with E-state index in [0.717, 1.165) is 11.1 Å². The third-order valence-corrected chi connectivity index (χ3v) is 6.54. The van der Waals surface area contributed by atoms with E-state index >= 15 is 0 Å². The van der Waals surface area contributed by atoms with Gasteiger partial charge in [-0.1, -0.05) is 6.07 Å². The Kier molecular flexibility index (Phi) is 6.73. The molecular formula is C23H29N5O4S. The Morgan fingerprint density at radius 1 is 1.24 bits per heavy atom. The van der Waals surface area contributed by atoms with Crippen LogP contribution in [0.5, 0.6) is 0 Å². The van der Waals surface area contributed by atoms with Crippen molar-refractivity contribution in [2.45, 2.75) is 31.3 Å². The fourth-order valence-corrected chi connectivity index (χ4v) is 4.49. The molecule has 1 aromatic carbocycles. The molecule has 9 nitrogen and oxygen atoms in total. The minimum atomic E-state index is -3.83. The second-order valence-corrected chi connectivity index (χ2v) is 10.6. The number of sulfonamides is 1. The zero-order valence-electron chi connectivity index (χ0n) is 19.4. The van der Waals surface area contributed by atoms with Crippen molar-refractivity contribution in [2.24, 2.45) is 4.99 Å². The number of aryl methyl sites for hydroxylation is 1. The fraction of sp³-hybridized carbons (Fsp3) is 0.348. The van der Waals surface area contributed by atoms with Gasteiger partial charge < -0.3 is 15.7 Å². The lowest BCUT2D eigenvalue weighted by Crippen LogP contribution is -2.38. The van der Waals surface area contributed by atoms with Gasteiger partial charge in [-0.25, -0.2) is 18.1 Å². The van der Waals surface area contributed by atoms with Gasteiger partial charge in [0.1, 0.15) is 11.5 Å². The number of hydrogen-bond acceptors (Lipinski definition) is 7. The number of benzene rings is 1. The van der Waals surface area contributed by atoms with Gasteiger partial charge in [-0.2, -0.15) is 0 Å². The molecule has 0 bridgehead atoms. The number of amides is 1. The predicted molar refractivity (Wildman–Crippen MR) is 129 cm³/mol. The standard InChI is InChI=1S/C23H29N5O4S/c1-14-6-7-17(33(31,32)27-13-23(2,3)30)10-18(14)15-8-19(21(24)26-12-15)16-9-20(25-11-16)22(29)28(4)5/h6-10,12,27,30H,11,13H2,1-5H3,(H2,24,26). The van der Waals surface area contributed by atoms with Gasteiger partial charge in [0.15, 0.2) is 0 Å². The third-order valence-electron chi connectivity index (χ3n) is 5.15. The van der Waals surface area contributed by atoms with Crippen molar-refractivity contribution in [1.29, 1.82) is 0 Å². The predicted octanol–water partition coefficient (Wildman–Crippen LogP) is 1.61. The van der Waals surface area contributed by atoms with Crippen LogP contribution in [-0.2, 0) is 14.8 Å². The van der Waals surface area contributed by atoms with Crippen LogP contribution in [0.2, 0.25) is 0 Å². The van der Waals surface area contributed by atoms with Crippen LogP contribution in [0.1, 0.15) is 25.0 Å². The second-order valence-electron chi connectivity index (χ2n) is 8.84. The van der Waals surface area contributed by atoms with E-state index in [-0.39, 0.29) is 17.3 Å². The number of aliphatic imine (C=N–C) groups is 1. The highest BCUT2D eigenvalue weighted by molar-refractivity contribution is 7.89. The van der Waals surface area contributed by atoms with Crippen LogP contribution in [0.4, 0.5) is 5.82 Å². The lowest BCUT2D eigenvalue weighted by Gasteiger charge is -2.18. The van der Waals surface area contributed by atoms with Gasteiger partial charge in [0.2, 0.25) is 10.0 Å². The quantitative estimate of drug-likeness (QED) is 0.561. The first-order valence-electron chi connectivity index (χ1n) is 10.3. The highest BCUT2D eigenvalue weighted by Crippen LogP contribution is 2.31. The minimum Gasteiger partial charge on any atom is -0.389 e. The SMILES string of the molecule is Cc1ccc(S(=O)(=O)NCC(C)(C)O)cc1-c1cnc(N)c(C2=CC(C(=O)N(C)C)=NC2)c1. The molecule has 0 saturated heterocycles. The average molecular weight is 472 g/mol. The summed E-state index contributed by atoms with van der Waals surface area (Å²) in [6.45, 7) is 5.11. The summed E-state index contributed by atoms with van der Waals surface area (Å²) in [5, 5.41) is 9.86. The molecule has 0 unspecified atom stereocenters. The summed E-state index contributed by atoms with van der Waals surface area (Å²) in [6, 6.07) is 6.63. The Morgan fingerprint density at radius 2 is 1.94 bits per heavy atom. The third kappa shape index (κ3) is 5.65. The molecule has 10 heteroatoms. The molecule has 0 radical (unpaired) electrons. The maximum Gasteiger partial charge on any atom is 0.271 e. The molecule has 1 aliphatic heterocycles. The number of pyridine rings is 1. The number of aliphatic hydroxyl groups is 1. The first-order chi connectivity index (χ1) is 15.3. The Hall–Kier alpha value is -3.08. The molecule has 3 rings (SSSR count). The molecule has 33 heavy (non-hydrogen) atoms. The summed E-state index contributed by atoms with van der Waals surface area (Å²) in [7, 11) is -0.506. The van der Waals surface area contributed by atoms with Gasteiger partial charge in [-0.3, -0.25) is 9.79 Å². The molecule has 1 amide bonds. The summed E-state index contributed by atoms with van der Waals surface area (Å²) in [5.41, 5.74) is 8.92. The van der Waals surface area contributed by atoms with Crippen molar-refractivity contribution in [1.82, 2.24) is 14.6 Å². The van der Waals surface area contributed by atoms with Crippen LogP contribution >= 0.6 is 0 Å². The van der Waals surface area contributed by atoms with Crippen molar-refractivity contribution in [2.75, 3.05) is 32.9 Å². The summed E-state index contributed by atoms with van der Waals surface area (Å²) in [6.07, 6.45) is 3.29. The highest BCUT2D eigenvalue weighted by atomic mass is 32.2. The Balaban J connectivity index is 1.98. The van der Waals surface area contributed by atoms with Crippen molar-refractivity contribution in [3.8, 4) is 11.1 Å². The van der Waals surface area contributed by atoms with Gasteiger partial charge in [0, 0.05) is 38.0 Å². The number of hydrogen-bond donors (Lipinski definition) is 3. The number of nitrogens with two attached hydrogens (primary N) is 1. The molecule has 2 aromatic rings. The number of nitrogen functional groups attached to an aromatic ring is 1. The zero-order valence-corrected chi connectivity index (χ0v) is 20.2. The molecule has 0 spiro atoms. The van der Waals surface area contributed by atoms with E-state index in [2.05, 4.69) is 14.7 Å². The van der Waals surface area contributed by atoms with Crippen molar-refractivity contribution in [3.05, 3.63) is 47.7 Å². The number of carbonyl (C=O) groups is 1. The maximum atomic E-state index is 12.7. The molecule has 0 atom stereocenters. The van der Waals surface area contributed by atoms with Crippen molar-refractivity contribution < 1.29 is 18.3 Å². The molecule has 0 fully saturated rings. The van der Waals surface area contributed by atoms with Crippen LogP contribution in [0.3, 0.4) is 0 Å². The van der Waals surface area contributed by atoms with Crippen LogP contribution in [0, 0.1) is 6.92 Å². The molecule has 1 aliphatic rings. The van der Waals surface area contributed by atoms with Gasteiger partial charge in [-0.15, -0.1) is 0 Å². The number of anilines is 1. The molecule has 176 valence electrons. The topological polar surface area (TPSA) is 138 Å². The summed E-state index contributed by atoms with van der Waals surface area (Å²) in [4.78, 5) is 22.3. The van der Waals surface area contributed by atoms with Crippen LogP contribution in [0.15, 0.2) is 46.4 Å². The normalized spacial score (nSPS) is 14.1. The Bertz CT molecular complexity index is 1260. The number of nitrogens with one attached hydrogen (secondary N) is 1. The van der Waals surface area contributed by atoms with Crippen molar-refractivity contribution >= 4 is 33.0 Å². The number of carbonyl (C=O) groups excluding carboxylic acids is 1. The lowest BCUT2D eigenvalue weighted by atomic mass is 9.98. The van der Waals surface area contributed by atoms with Crippen LogP contribution in [0.25, 0.3) is 16.7 Å². The van der Waals surface area contributed by atoms with Crippen molar-refractivity contribution in [3.63, 3.8) is 0 Å². The number of rotatable bonds is 7. The molecule has 0 aliphatic carbocycles. The summed E-state index contributed by atoms with van der Waals surface area (Å²) >= 11 is 0. The molecule has 1 aromatic heterocycles. The van der Waals surface area contributed by atoms with Gasteiger partial charge in [0.05, 0.1) is 17.0 Å². The summed E-state index contributed by atoms with van der Waals surface area (Å²) in [5.74, 6) is 0.104. The number of nitrogens with zero attached hydrogens (tertiary/aromatic N) is 3. The lowest BCUT2D eigenvalue weighted by molar-refractivity contribution is -0.121.